The second kappa shape index (κ2) is 8.74. The Morgan fingerprint density at radius 1 is 0.929 bits per heavy atom. The molecule has 3 N–H and O–H groups in total. The molecular weight excluding hydrogens is 360 g/mol. The first-order valence-corrected chi connectivity index (χ1v) is 8.36. The van der Waals surface area contributed by atoms with E-state index in [0.717, 1.165) is 0 Å². The van der Waals surface area contributed by atoms with Crippen LogP contribution < -0.4 is 10.6 Å². The molecule has 3 rings (SSSR count). The van der Waals surface area contributed by atoms with Crippen LogP contribution in [0.4, 0.5) is 11.4 Å². The molecule has 142 valence electrons. The fourth-order valence-electron chi connectivity index (χ4n) is 2.51. The van der Waals surface area contributed by atoms with Gasteiger partial charge in [-0.25, -0.2) is 4.79 Å². The predicted molar refractivity (Wildman–Crippen MR) is 103 cm³/mol. The number of carbonyl (C=O) groups excluding carboxylic acids is 2. The SMILES string of the molecule is COC(=O)c1cc(NC(=O)c2ccncc2)cc(NC(O)c2ccncc2)c1. The van der Waals surface area contributed by atoms with Crippen LogP contribution in [0.2, 0.25) is 0 Å². The lowest BCUT2D eigenvalue weighted by Gasteiger charge is -2.16. The molecule has 0 spiro atoms. The van der Waals surface area contributed by atoms with Gasteiger partial charge in [0.2, 0.25) is 0 Å². The van der Waals surface area contributed by atoms with Crippen LogP contribution >= 0.6 is 0 Å². The molecule has 0 fully saturated rings. The lowest BCUT2D eigenvalue weighted by molar-refractivity contribution is 0.0600. The number of rotatable bonds is 6. The first-order chi connectivity index (χ1) is 13.6. The normalized spacial score (nSPS) is 11.4. The van der Waals surface area contributed by atoms with E-state index in [2.05, 4.69) is 20.6 Å². The number of hydrogen-bond donors (Lipinski definition) is 3. The van der Waals surface area contributed by atoms with E-state index in [0.29, 0.717) is 22.5 Å². The summed E-state index contributed by atoms with van der Waals surface area (Å²) in [7, 11) is 1.27. The van der Waals surface area contributed by atoms with Crippen molar-refractivity contribution < 1.29 is 19.4 Å². The van der Waals surface area contributed by atoms with Gasteiger partial charge in [-0.2, -0.15) is 0 Å². The summed E-state index contributed by atoms with van der Waals surface area (Å²) in [6.45, 7) is 0. The van der Waals surface area contributed by atoms with Gasteiger partial charge in [0.1, 0.15) is 0 Å². The van der Waals surface area contributed by atoms with Crippen LogP contribution in [0.1, 0.15) is 32.5 Å². The number of hydrogen-bond acceptors (Lipinski definition) is 7. The minimum Gasteiger partial charge on any atom is -0.465 e. The number of nitrogens with zero attached hydrogens (tertiary/aromatic N) is 2. The van der Waals surface area contributed by atoms with Crippen LogP contribution in [0.3, 0.4) is 0 Å². The van der Waals surface area contributed by atoms with Gasteiger partial charge in [-0.1, -0.05) is 0 Å². The van der Waals surface area contributed by atoms with Crippen LogP contribution in [-0.2, 0) is 4.74 Å². The summed E-state index contributed by atoms with van der Waals surface area (Å²) >= 11 is 0. The van der Waals surface area contributed by atoms with Gasteiger partial charge in [-0.3, -0.25) is 14.8 Å². The summed E-state index contributed by atoms with van der Waals surface area (Å²) in [6, 6.07) is 11.1. The zero-order chi connectivity index (χ0) is 19.9. The Morgan fingerprint density at radius 2 is 1.54 bits per heavy atom. The van der Waals surface area contributed by atoms with Gasteiger partial charge in [0.15, 0.2) is 6.23 Å². The Balaban J connectivity index is 1.86. The highest BCUT2D eigenvalue weighted by Gasteiger charge is 2.14. The third-order valence-corrected chi connectivity index (χ3v) is 3.88. The molecule has 1 aromatic carbocycles. The van der Waals surface area contributed by atoms with Crippen molar-refractivity contribution in [2.45, 2.75) is 6.23 Å². The molecular formula is C20H18N4O4. The molecule has 2 heterocycles. The summed E-state index contributed by atoms with van der Waals surface area (Å²) in [6.07, 6.45) is 5.12. The number of amides is 1. The topological polar surface area (TPSA) is 113 Å². The molecule has 28 heavy (non-hydrogen) atoms. The Kier molecular flexibility index (Phi) is 5.93. The second-order valence-corrected chi connectivity index (χ2v) is 5.81. The maximum atomic E-state index is 12.4. The molecule has 0 saturated carbocycles. The number of benzene rings is 1. The van der Waals surface area contributed by atoms with Crippen LogP contribution in [-0.4, -0.2) is 34.1 Å². The molecule has 0 aliphatic rings. The Morgan fingerprint density at radius 3 is 2.18 bits per heavy atom. The van der Waals surface area contributed by atoms with Crippen molar-refractivity contribution in [3.63, 3.8) is 0 Å². The number of esters is 1. The average molecular weight is 378 g/mol. The Labute approximate surface area is 161 Å². The maximum absolute atomic E-state index is 12.4. The minimum absolute atomic E-state index is 0.222. The zero-order valence-electron chi connectivity index (χ0n) is 15.0. The van der Waals surface area contributed by atoms with Crippen molar-refractivity contribution in [3.8, 4) is 0 Å². The smallest absolute Gasteiger partial charge is 0.337 e. The maximum Gasteiger partial charge on any atom is 0.337 e. The Hall–Kier alpha value is -3.78. The highest BCUT2D eigenvalue weighted by Crippen LogP contribution is 2.24. The summed E-state index contributed by atoms with van der Waals surface area (Å²) in [4.78, 5) is 32.2. The van der Waals surface area contributed by atoms with Crippen molar-refractivity contribution in [1.82, 2.24) is 9.97 Å². The molecule has 0 aliphatic carbocycles. The van der Waals surface area contributed by atoms with Gasteiger partial charge in [-0.15, -0.1) is 0 Å². The summed E-state index contributed by atoms with van der Waals surface area (Å²) in [5.41, 5.74) is 2.04. The van der Waals surface area contributed by atoms with Gasteiger partial charge in [-0.05, 0) is 42.5 Å². The first-order valence-electron chi connectivity index (χ1n) is 8.36. The van der Waals surface area contributed by atoms with Gasteiger partial charge in [0.25, 0.3) is 5.91 Å². The standard InChI is InChI=1S/C20H18N4O4/c1-28-20(27)15-10-16(23-18(25)13-2-6-21-7-3-13)12-17(11-15)24-19(26)14-4-8-22-9-5-14/h2-12,18,23,25H,1H3,(H,24,26). The number of pyridine rings is 2. The van der Waals surface area contributed by atoms with E-state index in [9.17, 15) is 14.7 Å². The highest BCUT2D eigenvalue weighted by molar-refractivity contribution is 6.05. The monoisotopic (exact) mass is 378 g/mol. The van der Waals surface area contributed by atoms with Crippen LogP contribution in [0.25, 0.3) is 0 Å². The largest absolute Gasteiger partial charge is 0.465 e. The van der Waals surface area contributed by atoms with E-state index in [-0.39, 0.29) is 11.5 Å². The number of aliphatic hydroxyl groups excluding tert-OH is 1. The number of aromatic nitrogens is 2. The van der Waals surface area contributed by atoms with Crippen molar-refractivity contribution in [3.05, 3.63) is 83.9 Å². The lowest BCUT2D eigenvalue weighted by Crippen LogP contribution is -2.14. The molecule has 0 bridgehead atoms. The number of methoxy groups -OCH3 is 1. The third-order valence-electron chi connectivity index (χ3n) is 3.88. The van der Waals surface area contributed by atoms with Gasteiger partial charge in [0, 0.05) is 47.3 Å². The van der Waals surface area contributed by atoms with E-state index in [1.807, 2.05) is 0 Å². The van der Waals surface area contributed by atoms with E-state index in [1.54, 1.807) is 42.7 Å². The number of aliphatic hydroxyl groups is 1. The molecule has 1 unspecified atom stereocenters. The van der Waals surface area contributed by atoms with Crippen molar-refractivity contribution in [2.24, 2.45) is 0 Å². The molecule has 0 radical (unpaired) electrons. The molecule has 0 aliphatic heterocycles. The van der Waals surface area contributed by atoms with Gasteiger partial charge in [0.05, 0.1) is 12.7 Å². The van der Waals surface area contributed by atoms with Gasteiger partial charge >= 0.3 is 5.97 Å². The molecule has 2 aromatic heterocycles. The number of carbonyl (C=O) groups is 2. The molecule has 8 nitrogen and oxygen atoms in total. The molecule has 3 aromatic rings. The highest BCUT2D eigenvalue weighted by atomic mass is 16.5. The van der Waals surface area contributed by atoms with Crippen molar-refractivity contribution in [1.29, 1.82) is 0 Å². The molecule has 0 saturated heterocycles. The zero-order valence-corrected chi connectivity index (χ0v) is 15.0. The molecule has 8 heteroatoms. The van der Waals surface area contributed by atoms with Crippen LogP contribution in [0.5, 0.6) is 0 Å². The quantitative estimate of drug-likeness (QED) is 0.446. The average Bonchev–Trinajstić information content (AvgIpc) is 2.74. The lowest BCUT2D eigenvalue weighted by atomic mass is 10.1. The first kappa shape index (κ1) is 19.0. The van der Waals surface area contributed by atoms with E-state index in [1.165, 1.54) is 31.6 Å². The minimum atomic E-state index is -1.03. The molecule has 1 amide bonds. The number of anilines is 2. The summed E-state index contributed by atoms with van der Waals surface area (Å²) < 4.78 is 4.77. The van der Waals surface area contributed by atoms with Crippen molar-refractivity contribution >= 4 is 23.3 Å². The fraction of sp³-hybridized carbons (Fsp3) is 0.100. The summed E-state index contributed by atoms with van der Waals surface area (Å²) in [5, 5.41) is 16.0. The van der Waals surface area contributed by atoms with E-state index < -0.39 is 12.2 Å². The number of ether oxygens (including phenoxy) is 1. The van der Waals surface area contributed by atoms with Crippen molar-refractivity contribution in [2.75, 3.05) is 17.7 Å². The third kappa shape index (κ3) is 4.68. The summed E-state index contributed by atoms with van der Waals surface area (Å²) in [5.74, 6) is -0.925. The van der Waals surface area contributed by atoms with E-state index >= 15 is 0 Å². The Bertz CT molecular complexity index is 964. The van der Waals surface area contributed by atoms with Crippen LogP contribution in [0.15, 0.2) is 67.3 Å². The number of nitrogens with one attached hydrogen (secondary N) is 2. The predicted octanol–water partition coefficient (Wildman–Crippen LogP) is 2.62. The van der Waals surface area contributed by atoms with Crippen LogP contribution in [0, 0.1) is 0 Å². The van der Waals surface area contributed by atoms with E-state index in [4.69, 9.17) is 4.74 Å². The fourth-order valence-corrected chi connectivity index (χ4v) is 2.51. The van der Waals surface area contributed by atoms with Gasteiger partial charge < -0.3 is 20.5 Å². The molecule has 1 atom stereocenters. The second-order valence-electron chi connectivity index (χ2n) is 5.81.